The van der Waals surface area contributed by atoms with Gasteiger partial charge in [-0.3, -0.25) is 9.59 Å². The van der Waals surface area contributed by atoms with E-state index < -0.39 is 11.9 Å². The number of hydrogen-bond donors (Lipinski definition) is 2. The number of rotatable bonds is 10. The zero-order chi connectivity index (χ0) is 18.2. The van der Waals surface area contributed by atoms with Crippen molar-refractivity contribution in [3.8, 4) is 0 Å². The Hall–Kier alpha value is -2.96. The molecule has 0 fully saturated rings. The lowest BCUT2D eigenvalue weighted by Crippen LogP contribution is -2.09. The molecule has 2 aromatic rings. The van der Waals surface area contributed by atoms with Gasteiger partial charge < -0.3 is 15.3 Å². The summed E-state index contributed by atoms with van der Waals surface area (Å²) >= 11 is 0. The van der Waals surface area contributed by atoms with Gasteiger partial charge in [-0.1, -0.05) is 25.0 Å². The maximum Gasteiger partial charge on any atom is 0.335 e. The third-order valence-electron chi connectivity index (χ3n) is 3.81. The zero-order valence-corrected chi connectivity index (χ0v) is 13.7. The molecule has 0 saturated carbocycles. The third kappa shape index (κ3) is 5.56. The van der Waals surface area contributed by atoms with Crippen molar-refractivity contribution in [2.24, 2.45) is 5.73 Å². The summed E-state index contributed by atoms with van der Waals surface area (Å²) in [5.41, 5.74) is 6.42. The Bertz CT molecular complexity index is 749. The molecule has 0 atom stereocenters. The summed E-state index contributed by atoms with van der Waals surface area (Å²) in [5, 5.41) is 8.84. The first-order chi connectivity index (χ1) is 12.0. The van der Waals surface area contributed by atoms with Crippen molar-refractivity contribution in [3.63, 3.8) is 0 Å². The molecular weight excluding hydrogens is 324 g/mol. The van der Waals surface area contributed by atoms with E-state index in [2.05, 4.69) is 4.98 Å². The Kier molecular flexibility index (Phi) is 6.45. The Morgan fingerprint density at radius 3 is 2.32 bits per heavy atom. The lowest BCUT2D eigenvalue weighted by molar-refractivity contribution is 0.0696. The van der Waals surface area contributed by atoms with E-state index in [9.17, 15) is 14.4 Å². The van der Waals surface area contributed by atoms with Gasteiger partial charge in [-0.15, -0.1) is 0 Å². The van der Waals surface area contributed by atoms with E-state index in [4.69, 9.17) is 15.3 Å². The number of primary amides is 1. The highest BCUT2D eigenvalue weighted by Gasteiger charge is 2.15. The van der Waals surface area contributed by atoms with Crippen molar-refractivity contribution in [1.82, 2.24) is 4.98 Å². The van der Waals surface area contributed by atoms with E-state index in [0.29, 0.717) is 12.8 Å². The summed E-state index contributed by atoms with van der Waals surface area (Å²) in [7, 11) is 0. The van der Waals surface area contributed by atoms with Crippen LogP contribution in [0.5, 0.6) is 0 Å². The minimum atomic E-state index is -0.926. The molecule has 3 N–H and O–H groups in total. The second kappa shape index (κ2) is 8.77. The maximum atomic E-state index is 11.9. The van der Waals surface area contributed by atoms with Gasteiger partial charge in [-0.05, 0) is 37.0 Å². The number of nitrogens with two attached hydrogens (primary N) is 1. The first kappa shape index (κ1) is 18.4. The Morgan fingerprint density at radius 1 is 1.04 bits per heavy atom. The Labute approximate surface area is 144 Å². The summed E-state index contributed by atoms with van der Waals surface area (Å²) in [6, 6.07) is 6.86. The zero-order valence-electron chi connectivity index (χ0n) is 13.7. The van der Waals surface area contributed by atoms with Gasteiger partial charge in [0, 0.05) is 6.42 Å². The summed E-state index contributed by atoms with van der Waals surface area (Å²) in [5.74, 6) is -2.10. The predicted molar refractivity (Wildman–Crippen MR) is 89.5 cm³/mol. The van der Waals surface area contributed by atoms with Gasteiger partial charge in [0.25, 0.3) is 11.8 Å². The highest BCUT2D eigenvalue weighted by atomic mass is 16.4. The van der Waals surface area contributed by atoms with E-state index in [1.165, 1.54) is 0 Å². The molecule has 0 saturated heterocycles. The number of carboxylic acid groups (broad SMARTS) is 1. The average Bonchev–Trinajstić information content (AvgIpc) is 3.08. The highest BCUT2D eigenvalue weighted by Crippen LogP contribution is 2.13. The van der Waals surface area contributed by atoms with E-state index in [1.54, 1.807) is 12.1 Å². The monoisotopic (exact) mass is 344 g/mol. The topological polar surface area (TPSA) is 123 Å². The number of carboxylic acids is 1. The van der Waals surface area contributed by atoms with Crippen molar-refractivity contribution >= 4 is 17.7 Å². The fourth-order valence-corrected chi connectivity index (χ4v) is 2.41. The van der Waals surface area contributed by atoms with Crippen molar-refractivity contribution < 1.29 is 23.9 Å². The van der Waals surface area contributed by atoms with Gasteiger partial charge >= 0.3 is 5.97 Å². The number of benzene rings is 1. The predicted octanol–water partition coefficient (Wildman–Crippen LogP) is 2.85. The Morgan fingerprint density at radius 2 is 1.72 bits per heavy atom. The van der Waals surface area contributed by atoms with Crippen LogP contribution < -0.4 is 5.73 Å². The number of carbonyl (C=O) groups excluding carboxylic acids is 2. The molecule has 7 heteroatoms. The van der Waals surface area contributed by atoms with E-state index in [-0.39, 0.29) is 23.0 Å². The number of unbranched alkanes of at least 4 members (excludes halogenated alkanes) is 3. The van der Waals surface area contributed by atoms with Gasteiger partial charge in [-0.2, -0.15) is 0 Å². The first-order valence-corrected chi connectivity index (χ1v) is 8.08. The van der Waals surface area contributed by atoms with Crippen LogP contribution in [0.4, 0.5) is 0 Å². The lowest BCUT2D eigenvalue weighted by atomic mass is 10.0. The molecule has 1 heterocycles. The van der Waals surface area contributed by atoms with Crippen LogP contribution in [-0.2, 0) is 6.42 Å². The van der Waals surface area contributed by atoms with Crippen molar-refractivity contribution in [3.05, 3.63) is 53.2 Å². The minimum Gasteiger partial charge on any atom is -0.478 e. The van der Waals surface area contributed by atoms with Crippen LogP contribution in [-0.4, -0.2) is 27.8 Å². The van der Waals surface area contributed by atoms with E-state index >= 15 is 0 Å². The largest absolute Gasteiger partial charge is 0.478 e. The van der Waals surface area contributed by atoms with Gasteiger partial charge in [0.15, 0.2) is 0 Å². The number of nitrogens with zero attached hydrogens (tertiary/aromatic N) is 1. The molecule has 132 valence electrons. The van der Waals surface area contributed by atoms with Crippen molar-refractivity contribution in [2.45, 2.75) is 38.5 Å². The first-order valence-electron chi connectivity index (χ1n) is 8.08. The molecule has 2 rings (SSSR count). The van der Waals surface area contributed by atoms with Crippen LogP contribution in [0.3, 0.4) is 0 Å². The molecule has 0 aliphatic carbocycles. The van der Waals surface area contributed by atoms with Crippen LogP contribution in [0.15, 0.2) is 34.9 Å². The van der Waals surface area contributed by atoms with E-state index in [1.807, 2.05) is 12.1 Å². The lowest BCUT2D eigenvalue weighted by Gasteiger charge is -2.02. The molecule has 25 heavy (non-hydrogen) atoms. The van der Waals surface area contributed by atoms with Crippen LogP contribution in [0.2, 0.25) is 0 Å². The minimum absolute atomic E-state index is 0.0766. The second-order valence-corrected chi connectivity index (χ2v) is 5.73. The fraction of sp³-hybridized carbons (Fsp3) is 0.333. The maximum absolute atomic E-state index is 11.9. The standard InChI is InChI=1S/C18H20N2O5/c19-16(22)15-11-20-17(25-15)14(21)6-4-2-1-3-5-12-7-9-13(10-8-12)18(23)24/h7-11H,1-6H2,(H2,19,22)(H,23,24). The number of oxazole rings is 1. The molecule has 1 aromatic carbocycles. The van der Waals surface area contributed by atoms with Gasteiger partial charge in [-0.25, -0.2) is 9.78 Å². The molecule has 0 aliphatic heterocycles. The molecular formula is C18H20N2O5. The molecule has 7 nitrogen and oxygen atoms in total. The van der Waals surface area contributed by atoms with Gasteiger partial charge in [0.1, 0.15) is 0 Å². The van der Waals surface area contributed by atoms with Crippen LogP contribution in [0.1, 0.15) is 69.3 Å². The number of aromatic nitrogens is 1. The quantitative estimate of drug-likeness (QED) is 0.504. The molecule has 0 spiro atoms. The summed E-state index contributed by atoms with van der Waals surface area (Å²) in [4.78, 5) is 37.3. The molecule has 0 aliphatic rings. The Balaban J connectivity index is 1.63. The van der Waals surface area contributed by atoms with Crippen molar-refractivity contribution in [1.29, 1.82) is 0 Å². The molecule has 1 amide bonds. The number of ketones is 1. The van der Waals surface area contributed by atoms with Crippen molar-refractivity contribution in [2.75, 3.05) is 0 Å². The van der Waals surface area contributed by atoms with Crippen LogP contribution in [0, 0.1) is 0 Å². The van der Waals surface area contributed by atoms with E-state index in [0.717, 1.165) is 37.4 Å². The number of amides is 1. The number of aromatic carboxylic acids is 1. The second-order valence-electron chi connectivity index (χ2n) is 5.73. The summed E-state index contributed by atoms with van der Waals surface area (Å²) in [6.07, 6.45) is 5.87. The van der Waals surface area contributed by atoms with Crippen LogP contribution in [0.25, 0.3) is 0 Å². The number of aryl methyl sites for hydroxylation is 1. The number of carbonyl (C=O) groups is 3. The SMILES string of the molecule is NC(=O)c1cnc(C(=O)CCCCCCc2ccc(C(=O)O)cc2)o1. The molecule has 0 radical (unpaired) electrons. The smallest absolute Gasteiger partial charge is 0.335 e. The normalized spacial score (nSPS) is 10.6. The van der Waals surface area contributed by atoms with Gasteiger partial charge in [0.05, 0.1) is 11.8 Å². The molecule has 0 bridgehead atoms. The fourth-order valence-electron chi connectivity index (χ4n) is 2.41. The third-order valence-corrected chi connectivity index (χ3v) is 3.81. The highest BCUT2D eigenvalue weighted by molar-refractivity contribution is 5.94. The van der Waals surface area contributed by atoms with Crippen LogP contribution >= 0.6 is 0 Å². The number of hydrogen-bond acceptors (Lipinski definition) is 5. The number of Topliss-reactive ketones (excluding diaryl/α,β-unsaturated/α-hetero) is 1. The summed E-state index contributed by atoms with van der Waals surface area (Å²) < 4.78 is 4.99. The molecule has 1 aromatic heterocycles. The summed E-state index contributed by atoms with van der Waals surface area (Å²) in [6.45, 7) is 0. The van der Waals surface area contributed by atoms with Gasteiger partial charge in [0.2, 0.25) is 11.5 Å². The average molecular weight is 344 g/mol. The molecule has 0 unspecified atom stereocenters.